The minimum absolute atomic E-state index is 0.176. The Bertz CT molecular complexity index is 83.1. The van der Waals surface area contributed by atoms with Crippen molar-refractivity contribution in [3.8, 4) is 0 Å². The van der Waals surface area contributed by atoms with E-state index in [1.807, 2.05) is 13.8 Å². The first kappa shape index (κ1) is 8.56. The summed E-state index contributed by atoms with van der Waals surface area (Å²) in [6.45, 7) is 4.48. The summed E-state index contributed by atoms with van der Waals surface area (Å²) in [5.41, 5.74) is 5.24. The van der Waals surface area contributed by atoms with Gasteiger partial charge in [0.25, 0.3) is 0 Å². The third-order valence-corrected chi connectivity index (χ3v) is 1.16. The average Bonchev–Trinajstić information content (AvgIpc) is 1.82. The van der Waals surface area contributed by atoms with Crippen LogP contribution in [-0.2, 0) is 0 Å². The first-order valence-electron chi connectivity index (χ1n) is 3.23. The molecule has 1 atom stereocenters. The van der Waals surface area contributed by atoms with Crippen molar-refractivity contribution in [2.45, 2.75) is 26.3 Å². The second-order valence-electron chi connectivity index (χ2n) is 2.62. The van der Waals surface area contributed by atoms with Crippen molar-refractivity contribution in [3.05, 3.63) is 4.91 Å². The van der Waals surface area contributed by atoms with Crippen LogP contribution in [0.2, 0.25) is 0 Å². The van der Waals surface area contributed by atoms with Crippen LogP contribution in [0.25, 0.3) is 0 Å². The summed E-state index contributed by atoms with van der Waals surface area (Å²) in [6, 6.07) is -0.176. The topological polar surface area (TPSA) is 55.4 Å². The van der Waals surface area contributed by atoms with Crippen LogP contribution in [0, 0.1) is 10.8 Å². The molecule has 0 aliphatic carbocycles. The molecule has 0 bridgehead atoms. The van der Waals surface area contributed by atoms with Crippen LogP contribution in [0.5, 0.6) is 0 Å². The van der Waals surface area contributed by atoms with Gasteiger partial charge in [-0.2, -0.15) is 4.91 Å². The number of nitroso groups, excluding NO2 is 1. The zero-order valence-corrected chi connectivity index (χ0v) is 6.00. The Morgan fingerprint density at radius 1 is 1.56 bits per heavy atom. The molecule has 0 aromatic carbocycles. The molecule has 9 heavy (non-hydrogen) atoms. The maximum atomic E-state index is 9.94. The van der Waals surface area contributed by atoms with Crippen molar-refractivity contribution in [1.29, 1.82) is 0 Å². The lowest BCUT2D eigenvalue weighted by molar-refractivity contribution is 0.500. The van der Waals surface area contributed by atoms with E-state index in [-0.39, 0.29) is 6.04 Å². The van der Waals surface area contributed by atoms with Gasteiger partial charge >= 0.3 is 0 Å². The van der Waals surface area contributed by atoms with E-state index >= 15 is 0 Å². The molecule has 0 amide bonds. The predicted molar refractivity (Wildman–Crippen MR) is 38.1 cm³/mol. The molecule has 0 aliphatic rings. The van der Waals surface area contributed by atoms with E-state index in [2.05, 4.69) is 5.18 Å². The molecule has 1 unspecified atom stereocenters. The number of nitrogens with zero attached hydrogens (tertiary/aromatic N) is 1. The summed E-state index contributed by atoms with van der Waals surface area (Å²) in [5.74, 6) is 0.510. The van der Waals surface area contributed by atoms with E-state index in [4.69, 9.17) is 5.73 Å². The van der Waals surface area contributed by atoms with Crippen molar-refractivity contribution in [3.63, 3.8) is 0 Å². The van der Waals surface area contributed by atoms with Crippen LogP contribution in [-0.4, -0.2) is 12.6 Å². The van der Waals surface area contributed by atoms with Crippen LogP contribution >= 0.6 is 0 Å². The number of rotatable bonds is 4. The first-order valence-corrected chi connectivity index (χ1v) is 3.23. The molecule has 3 heteroatoms. The third-order valence-electron chi connectivity index (χ3n) is 1.16. The van der Waals surface area contributed by atoms with Gasteiger partial charge in [0.2, 0.25) is 0 Å². The highest BCUT2D eigenvalue weighted by Crippen LogP contribution is 2.05. The summed E-state index contributed by atoms with van der Waals surface area (Å²) in [5, 5.41) is 2.87. The second-order valence-corrected chi connectivity index (χ2v) is 2.62. The minimum Gasteiger partial charge on any atom is -0.328 e. The summed E-state index contributed by atoms with van der Waals surface area (Å²) >= 11 is 0. The normalized spacial score (nSPS) is 13.8. The Balaban J connectivity index is 3.42. The Morgan fingerprint density at radius 2 is 2.11 bits per heavy atom. The molecule has 0 aliphatic heterocycles. The summed E-state index contributed by atoms with van der Waals surface area (Å²) in [4.78, 5) is 9.94. The molecule has 0 spiro atoms. The average molecular weight is 130 g/mol. The van der Waals surface area contributed by atoms with Crippen LogP contribution in [0.1, 0.15) is 20.3 Å². The van der Waals surface area contributed by atoms with Gasteiger partial charge in [0, 0.05) is 6.54 Å². The molecule has 0 aromatic rings. The standard InChI is InChI=1S/C6H14N2O/c1-5(2)3-6(4-7)8-9/h5-6H,3-4,7H2,1-2H3. The fraction of sp³-hybridized carbons (Fsp3) is 1.00. The van der Waals surface area contributed by atoms with Gasteiger partial charge in [0.05, 0.1) is 0 Å². The Morgan fingerprint density at radius 3 is 2.22 bits per heavy atom. The SMILES string of the molecule is CC(C)CC(CN)N=O. The minimum atomic E-state index is -0.176. The highest BCUT2D eigenvalue weighted by atomic mass is 16.3. The fourth-order valence-corrected chi connectivity index (χ4v) is 0.726. The van der Waals surface area contributed by atoms with Crippen molar-refractivity contribution in [1.82, 2.24) is 0 Å². The number of hydrogen-bond donors (Lipinski definition) is 1. The smallest absolute Gasteiger partial charge is 0.104 e. The van der Waals surface area contributed by atoms with Gasteiger partial charge in [-0.05, 0) is 12.3 Å². The molecule has 0 radical (unpaired) electrons. The molecule has 0 saturated carbocycles. The van der Waals surface area contributed by atoms with Crippen molar-refractivity contribution in [2.24, 2.45) is 16.8 Å². The largest absolute Gasteiger partial charge is 0.328 e. The van der Waals surface area contributed by atoms with Crippen LogP contribution in [0.4, 0.5) is 0 Å². The van der Waals surface area contributed by atoms with E-state index in [1.54, 1.807) is 0 Å². The van der Waals surface area contributed by atoms with E-state index in [1.165, 1.54) is 0 Å². The molecule has 0 rings (SSSR count). The molecule has 0 heterocycles. The summed E-state index contributed by atoms with van der Waals surface area (Å²) < 4.78 is 0. The number of hydrogen-bond acceptors (Lipinski definition) is 3. The van der Waals surface area contributed by atoms with E-state index in [0.29, 0.717) is 12.5 Å². The van der Waals surface area contributed by atoms with E-state index in [0.717, 1.165) is 6.42 Å². The lowest BCUT2D eigenvalue weighted by Crippen LogP contribution is -2.19. The zero-order chi connectivity index (χ0) is 7.28. The second kappa shape index (κ2) is 4.44. The van der Waals surface area contributed by atoms with Gasteiger partial charge in [-0.25, -0.2) is 0 Å². The zero-order valence-electron chi connectivity index (χ0n) is 6.00. The Kier molecular flexibility index (Phi) is 4.22. The van der Waals surface area contributed by atoms with Gasteiger partial charge in [0.15, 0.2) is 0 Å². The van der Waals surface area contributed by atoms with Crippen molar-refractivity contribution >= 4 is 0 Å². The Labute approximate surface area is 55.6 Å². The maximum Gasteiger partial charge on any atom is 0.104 e. The molecule has 2 N–H and O–H groups in total. The van der Waals surface area contributed by atoms with Crippen LogP contribution in [0.15, 0.2) is 5.18 Å². The molecular weight excluding hydrogens is 116 g/mol. The van der Waals surface area contributed by atoms with Gasteiger partial charge in [-0.1, -0.05) is 19.0 Å². The van der Waals surface area contributed by atoms with Crippen molar-refractivity contribution < 1.29 is 0 Å². The van der Waals surface area contributed by atoms with Gasteiger partial charge in [-0.3, -0.25) is 0 Å². The van der Waals surface area contributed by atoms with Crippen molar-refractivity contribution in [2.75, 3.05) is 6.54 Å². The fourth-order valence-electron chi connectivity index (χ4n) is 0.726. The molecular formula is C6H14N2O. The Hall–Kier alpha value is -0.440. The van der Waals surface area contributed by atoms with Crippen LogP contribution < -0.4 is 5.73 Å². The van der Waals surface area contributed by atoms with E-state index < -0.39 is 0 Å². The third kappa shape index (κ3) is 4.09. The molecule has 3 nitrogen and oxygen atoms in total. The maximum absolute atomic E-state index is 9.94. The van der Waals surface area contributed by atoms with Gasteiger partial charge in [-0.15, -0.1) is 0 Å². The monoisotopic (exact) mass is 130 g/mol. The highest BCUT2D eigenvalue weighted by Gasteiger charge is 2.07. The predicted octanol–water partition coefficient (Wildman–Crippen LogP) is 1.13. The quantitative estimate of drug-likeness (QED) is 0.580. The highest BCUT2D eigenvalue weighted by molar-refractivity contribution is 4.67. The summed E-state index contributed by atoms with van der Waals surface area (Å²) in [6.07, 6.45) is 0.806. The molecule has 0 aromatic heterocycles. The van der Waals surface area contributed by atoms with Crippen LogP contribution in [0.3, 0.4) is 0 Å². The molecule has 54 valence electrons. The number of nitrogens with two attached hydrogens (primary N) is 1. The van der Waals surface area contributed by atoms with Gasteiger partial charge < -0.3 is 5.73 Å². The summed E-state index contributed by atoms with van der Waals surface area (Å²) in [7, 11) is 0. The molecule has 0 saturated heterocycles. The lowest BCUT2D eigenvalue weighted by atomic mass is 10.1. The first-order chi connectivity index (χ1) is 4.20. The van der Waals surface area contributed by atoms with E-state index in [9.17, 15) is 4.91 Å². The molecule has 0 fully saturated rings. The lowest BCUT2D eigenvalue weighted by Gasteiger charge is -2.07. The van der Waals surface area contributed by atoms with Gasteiger partial charge in [0.1, 0.15) is 6.04 Å².